The summed E-state index contributed by atoms with van der Waals surface area (Å²) in [5.41, 5.74) is 0.942. The third-order valence-electron chi connectivity index (χ3n) is 5.49. The van der Waals surface area contributed by atoms with Gasteiger partial charge in [-0.3, -0.25) is 23.8 Å². The van der Waals surface area contributed by atoms with E-state index in [2.05, 4.69) is 25.3 Å². The van der Waals surface area contributed by atoms with Crippen LogP contribution in [0.4, 0.5) is 16.3 Å². The Balaban J connectivity index is 1.67. The second kappa shape index (κ2) is 10.3. The van der Waals surface area contributed by atoms with Crippen LogP contribution in [0.25, 0.3) is 22.6 Å². The molecule has 0 atom stereocenters. The number of pyridine rings is 2. The van der Waals surface area contributed by atoms with Gasteiger partial charge in [-0.2, -0.15) is 0 Å². The van der Waals surface area contributed by atoms with Crippen molar-refractivity contribution in [1.29, 1.82) is 0 Å². The molecule has 0 saturated carbocycles. The number of hydrogen-bond donors (Lipinski definition) is 2. The summed E-state index contributed by atoms with van der Waals surface area (Å²) >= 11 is 0. The molecule has 182 valence electrons. The van der Waals surface area contributed by atoms with Gasteiger partial charge in [0.1, 0.15) is 17.2 Å². The predicted octanol–water partition coefficient (Wildman–Crippen LogP) is 2.07. The number of urea groups is 1. The number of amides is 2. The van der Waals surface area contributed by atoms with Crippen molar-refractivity contribution < 1.29 is 9.53 Å². The lowest BCUT2D eigenvalue weighted by atomic mass is 10.2. The number of hydrogen-bond acceptors (Lipinski definition) is 7. The van der Waals surface area contributed by atoms with Crippen molar-refractivity contribution in [2.45, 2.75) is 26.9 Å². The van der Waals surface area contributed by atoms with E-state index in [0.29, 0.717) is 41.7 Å². The molecule has 0 fully saturated rings. The zero-order valence-corrected chi connectivity index (χ0v) is 19.7. The van der Waals surface area contributed by atoms with Crippen molar-refractivity contribution in [2.75, 3.05) is 30.5 Å². The molecule has 0 radical (unpaired) electrons. The number of anilines is 2. The zero-order chi connectivity index (χ0) is 24.9. The number of aryl methyl sites for hydroxylation is 1. The number of imidazole rings is 1. The molecule has 0 aliphatic heterocycles. The molecule has 4 aromatic heterocycles. The van der Waals surface area contributed by atoms with Gasteiger partial charge < -0.3 is 15.0 Å². The smallest absolute Gasteiger partial charge is 0.332 e. The number of aromatic nitrogens is 6. The number of methoxy groups -OCH3 is 1. The molecule has 12 heteroatoms. The van der Waals surface area contributed by atoms with Gasteiger partial charge in [-0.1, -0.05) is 0 Å². The second-order valence-corrected chi connectivity index (χ2v) is 7.58. The summed E-state index contributed by atoms with van der Waals surface area (Å²) in [4.78, 5) is 55.7. The number of rotatable bonds is 8. The SMILES string of the molecule is CCn1c(=O)c2[nH]c(-c3ccc(N(CCOC)C(=O)Nc4ccncc4)nc3)nc2n(CC)c1=O. The van der Waals surface area contributed by atoms with Crippen molar-refractivity contribution in [2.24, 2.45) is 0 Å². The van der Waals surface area contributed by atoms with Crippen molar-refractivity contribution in [3.8, 4) is 11.4 Å². The van der Waals surface area contributed by atoms with Crippen LogP contribution >= 0.6 is 0 Å². The summed E-state index contributed by atoms with van der Waals surface area (Å²) in [6.07, 6.45) is 4.73. The Morgan fingerprint density at radius 2 is 1.86 bits per heavy atom. The van der Waals surface area contributed by atoms with Crippen molar-refractivity contribution in [1.82, 2.24) is 29.1 Å². The maximum atomic E-state index is 12.9. The minimum absolute atomic E-state index is 0.255. The molecular weight excluding hydrogens is 452 g/mol. The average molecular weight is 479 g/mol. The van der Waals surface area contributed by atoms with Gasteiger partial charge in [-0.05, 0) is 38.1 Å². The van der Waals surface area contributed by atoms with Gasteiger partial charge >= 0.3 is 11.7 Å². The highest BCUT2D eigenvalue weighted by Crippen LogP contribution is 2.21. The highest BCUT2D eigenvalue weighted by atomic mass is 16.5. The first-order valence-corrected chi connectivity index (χ1v) is 11.2. The molecule has 0 aliphatic rings. The monoisotopic (exact) mass is 478 g/mol. The van der Waals surface area contributed by atoms with Crippen LogP contribution in [-0.4, -0.2) is 55.4 Å². The summed E-state index contributed by atoms with van der Waals surface area (Å²) in [5, 5.41) is 2.81. The molecule has 35 heavy (non-hydrogen) atoms. The zero-order valence-electron chi connectivity index (χ0n) is 19.7. The Kier molecular flexibility index (Phi) is 7.01. The van der Waals surface area contributed by atoms with Gasteiger partial charge in [0, 0.05) is 50.0 Å². The third-order valence-corrected chi connectivity index (χ3v) is 5.49. The lowest BCUT2D eigenvalue weighted by molar-refractivity contribution is 0.204. The van der Waals surface area contributed by atoms with E-state index in [1.54, 1.807) is 56.9 Å². The molecule has 0 spiro atoms. The van der Waals surface area contributed by atoms with E-state index in [9.17, 15) is 14.4 Å². The Morgan fingerprint density at radius 3 is 2.49 bits per heavy atom. The first kappa shape index (κ1) is 23.8. The van der Waals surface area contributed by atoms with Crippen molar-refractivity contribution in [3.63, 3.8) is 0 Å². The van der Waals surface area contributed by atoms with E-state index in [1.165, 1.54) is 14.0 Å². The fraction of sp³-hybridized carbons (Fsp3) is 0.304. The predicted molar refractivity (Wildman–Crippen MR) is 132 cm³/mol. The van der Waals surface area contributed by atoms with Gasteiger partial charge in [0.25, 0.3) is 5.56 Å². The molecule has 2 N–H and O–H groups in total. The van der Waals surface area contributed by atoms with E-state index in [-0.39, 0.29) is 24.6 Å². The number of nitrogens with zero attached hydrogens (tertiary/aromatic N) is 6. The first-order valence-electron chi connectivity index (χ1n) is 11.2. The Morgan fingerprint density at radius 1 is 1.11 bits per heavy atom. The van der Waals surface area contributed by atoms with Crippen molar-refractivity contribution in [3.05, 3.63) is 63.7 Å². The summed E-state index contributed by atoms with van der Waals surface area (Å²) in [6.45, 7) is 4.80. The van der Waals surface area contributed by atoms with Crippen LogP contribution in [0.15, 0.2) is 52.4 Å². The molecule has 4 heterocycles. The number of carbonyl (C=O) groups excluding carboxylic acids is 1. The number of aromatic amines is 1. The van der Waals surface area contributed by atoms with Crippen molar-refractivity contribution >= 4 is 28.7 Å². The van der Waals surface area contributed by atoms with Crippen LogP contribution in [0.2, 0.25) is 0 Å². The molecule has 0 aliphatic carbocycles. The highest BCUT2D eigenvalue weighted by molar-refractivity contribution is 6.01. The van der Waals surface area contributed by atoms with Gasteiger partial charge in [-0.25, -0.2) is 19.6 Å². The molecular formula is C23H26N8O4. The maximum Gasteiger partial charge on any atom is 0.332 e. The molecule has 0 saturated heterocycles. The standard InChI is InChI=1S/C23H26N8O4/c1-4-29-20-18(21(32)30(5-2)23(29)34)27-19(28-20)15-6-7-17(25-14-15)31(12-13-35-3)22(33)26-16-8-10-24-11-9-16/h6-11,14H,4-5,12-13H2,1-3H3,(H,27,28)(H,24,26,33). The lowest BCUT2D eigenvalue weighted by Gasteiger charge is -2.22. The second-order valence-electron chi connectivity index (χ2n) is 7.58. The molecule has 0 aromatic carbocycles. The fourth-order valence-corrected chi connectivity index (χ4v) is 3.68. The normalized spacial score (nSPS) is 11.1. The van der Waals surface area contributed by atoms with Crippen LogP contribution in [0.1, 0.15) is 13.8 Å². The van der Waals surface area contributed by atoms with E-state index in [4.69, 9.17) is 4.74 Å². The molecule has 2 amide bonds. The van der Waals surface area contributed by atoms with Gasteiger partial charge in [0.15, 0.2) is 5.65 Å². The third kappa shape index (κ3) is 4.68. The number of H-pyrrole nitrogens is 1. The lowest BCUT2D eigenvalue weighted by Crippen LogP contribution is -2.39. The Hall–Kier alpha value is -4.32. The van der Waals surface area contributed by atoms with Crippen LogP contribution in [0.5, 0.6) is 0 Å². The summed E-state index contributed by atoms with van der Waals surface area (Å²) in [5.74, 6) is 0.809. The van der Waals surface area contributed by atoms with E-state index in [0.717, 1.165) is 0 Å². The molecule has 4 aromatic rings. The Bertz CT molecular complexity index is 1440. The van der Waals surface area contributed by atoms with Crippen LogP contribution in [-0.2, 0) is 17.8 Å². The van der Waals surface area contributed by atoms with E-state index in [1.807, 2.05) is 6.92 Å². The minimum atomic E-state index is -0.418. The summed E-state index contributed by atoms with van der Waals surface area (Å²) in [6, 6.07) is 6.43. The topological polar surface area (TPSA) is 140 Å². The summed E-state index contributed by atoms with van der Waals surface area (Å²) < 4.78 is 7.78. The van der Waals surface area contributed by atoms with E-state index < -0.39 is 11.2 Å². The van der Waals surface area contributed by atoms with Crippen LogP contribution in [0, 0.1) is 0 Å². The highest BCUT2D eigenvalue weighted by Gasteiger charge is 2.19. The molecule has 0 bridgehead atoms. The van der Waals surface area contributed by atoms with Crippen LogP contribution < -0.4 is 21.5 Å². The first-order chi connectivity index (χ1) is 17.0. The quantitative estimate of drug-likeness (QED) is 0.395. The van der Waals surface area contributed by atoms with Gasteiger partial charge in [-0.15, -0.1) is 0 Å². The van der Waals surface area contributed by atoms with Gasteiger partial charge in [0.05, 0.1) is 13.2 Å². The molecule has 4 rings (SSSR count). The maximum absolute atomic E-state index is 12.9. The average Bonchev–Trinajstić information content (AvgIpc) is 3.31. The van der Waals surface area contributed by atoms with Gasteiger partial charge in [0.2, 0.25) is 0 Å². The number of fused-ring (bicyclic) bond motifs is 1. The number of ether oxygens (including phenoxy) is 1. The molecule has 0 unspecified atom stereocenters. The number of nitrogens with one attached hydrogen (secondary N) is 2. The van der Waals surface area contributed by atoms with Crippen LogP contribution in [0.3, 0.4) is 0 Å². The summed E-state index contributed by atoms with van der Waals surface area (Å²) in [7, 11) is 1.56. The Labute approximate surface area is 200 Å². The largest absolute Gasteiger partial charge is 0.383 e. The fourth-order valence-electron chi connectivity index (χ4n) is 3.68. The number of carbonyl (C=O) groups is 1. The van der Waals surface area contributed by atoms with E-state index >= 15 is 0 Å². The minimum Gasteiger partial charge on any atom is -0.383 e. The molecule has 12 nitrogen and oxygen atoms in total.